The molecule has 35 heavy (non-hydrogen) atoms. The number of hydrogen-bond donors (Lipinski definition) is 2. The third-order valence-electron chi connectivity index (χ3n) is 6.58. The molecule has 0 saturated heterocycles. The number of methoxy groups -OCH3 is 2. The standard InChI is InChI=1S/C28H44N2O4S/c1-5-7-9-10-11-12-13-14-16-25(35-19-15-8-6-2)21-20-24(33-3)26-22(29-31)17-18-23(30-32)27(26)28(21)34-4/h17-18,20,25,29,31H,5-16,19H2,1-4H3. The predicted molar refractivity (Wildman–Crippen MR) is 150 cm³/mol. The Morgan fingerprint density at radius 1 is 0.914 bits per heavy atom. The Kier molecular flexibility index (Phi) is 13.9. The molecule has 7 heteroatoms. The third-order valence-corrected chi connectivity index (χ3v) is 8.00. The van der Waals surface area contributed by atoms with Gasteiger partial charge in [0.2, 0.25) is 0 Å². The van der Waals surface area contributed by atoms with Crippen LogP contribution in [-0.4, -0.2) is 25.2 Å². The zero-order valence-corrected chi connectivity index (χ0v) is 22.8. The highest BCUT2D eigenvalue weighted by atomic mass is 32.2. The van der Waals surface area contributed by atoms with Crippen LogP contribution in [0.1, 0.15) is 102 Å². The fourth-order valence-corrected chi connectivity index (χ4v) is 6.00. The number of anilines is 1. The number of nitrogens with zero attached hydrogens (tertiary/aromatic N) is 1. The van der Waals surface area contributed by atoms with Crippen molar-refractivity contribution in [3.05, 3.63) is 28.7 Å². The largest absolute Gasteiger partial charge is 0.496 e. The van der Waals surface area contributed by atoms with Crippen molar-refractivity contribution in [2.75, 3.05) is 25.5 Å². The van der Waals surface area contributed by atoms with Gasteiger partial charge in [-0.25, -0.2) is 0 Å². The molecule has 0 radical (unpaired) electrons. The normalized spacial score (nSPS) is 12.0. The Morgan fingerprint density at radius 3 is 2.17 bits per heavy atom. The second-order valence-corrected chi connectivity index (χ2v) is 10.4. The van der Waals surface area contributed by atoms with Crippen LogP contribution in [-0.2, 0) is 0 Å². The van der Waals surface area contributed by atoms with Gasteiger partial charge in [0.25, 0.3) is 0 Å². The molecule has 196 valence electrons. The van der Waals surface area contributed by atoms with E-state index >= 15 is 0 Å². The Morgan fingerprint density at radius 2 is 1.57 bits per heavy atom. The van der Waals surface area contributed by atoms with E-state index in [4.69, 9.17) is 9.47 Å². The van der Waals surface area contributed by atoms with Crippen molar-refractivity contribution in [2.24, 2.45) is 5.18 Å². The van der Waals surface area contributed by atoms with Crippen LogP contribution >= 0.6 is 11.8 Å². The van der Waals surface area contributed by atoms with Crippen molar-refractivity contribution in [3.8, 4) is 11.5 Å². The number of nitrogens with one attached hydrogen (secondary N) is 1. The summed E-state index contributed by atoms with van der Waals surface area (Å²) in [6.45, 7) is 4.48. The van der Waals surface area contributed by atoms with Crippen molar-refractivity contribution < 1.29 is 14.7 Å². The van der Waals surface area contributed by atoms with Crippen LogP contribution in [0.3, 0.4) is 0 Å². The minimum Gasteiger partial charge on any atom is -0.496 e. The highest BCUT2D eigenvalue weighted by Gasteiger charge is 2.25. The minimum atomic E-state index is 0.227. The van der Waals surface area contributed by atoms with Crippen molar-refractivity contribution in [1.29, 1.82) is 0 Å². The third kappa shape index (κ3) is 8.28. The number of benzene rings is 2. The van der Waals surface area contributed by atoms with Crippen LogP contribution < -0.4 is 15.0 Å². The van der Waals surface area contributed by atoms with Crippen molar-refractivity contribution in [1.82, 2.24) is 0 Å². The molecule has 0 fully saturated rings. The lowest BCUT2D eigenvalue weighted by atomic mass is 9.96. The molecule has 2 aromatic carbocycles. The molecule has 1 unspecified atom stereocenters. The van der Waals surface area contributed by atoms with Gasteiger partial charge in [0, 0.05) is 10.8 Å². The van der Waals surface area contributed by atoms with E-state index in [2.05, 4.69) is 24.5 Å². The molecule has 0 aliphatic rings. The first-order valence-electron chi connectivity index (χ1n) is 13.2. The van der Waals surface area contributed by atoms with Crippen LogP contribution in [0.25, 0.3) is 10.8 Å². The number of fused-ring (bicyclic) bond motifs is 1. The molecule has 0 aromatic heterocycles. The quantitative estimate of drug-likeness (QED) is 0.113. The predicted octanol–water partition coefficient (Wildman–Crippen LogP) is 9.55. The molecule has 0 saturated carbocycles. The fourth-order valence-electron chi connectivity index (χ4n) is 4.66. The van der Waals surface area contributed by atoms with Crippen molar-refractivity contribution in [3.63, 3.8) is 0 Å². The lowest BCUT2D eigenvalue weighted by Crippen LogP contribution is -2.03. The molecule has 2 rings (SSSR count). The Balaban J connectivity index is 2.36. The number of ether oxygens (including phenoxy) is 2. The van der Waals surface area contributed by atoms with E-state index in [9.17, 15) is 10.1 Å². The zero-order valence-electron chi connectivity index (χ0n) is 22.0. The molecule has 0 spiro atoms. The maximum atomic E-state index is 11.7. The fraction of sp³-hybridized carbons (Fsp3) is 0.643. The summed E-state index contributed by atoms with van der Waals surface area (Å²) in [5.41, 5.74) is 3.98. The van der Waals surface area contributed by atoms with Gasteiger partial charge in [-0.2, -0.15) is 11.8 Å². The first-order chi connectivity index (χ1) is 17.2. The number of rotatable bonds is 19. The molecule has 2 N–H and O–H groups in total. The molecule has 6 nitrogen and oxygen atoms in total. The monoisotopic (exact) mass is 504 g/mol. The smallest absolute Gasteiger partial charge is 0.133 e. The lowest BCUT2D eigenvalue weighted by molar-refractivity contribution is 0.388. The summed E-state index contributed by atoms with van der Waals surface area (Å²) >= 11 is 1.96. The number of unbranched alkanes of at least 4 members (excludes halogenated alkanes) is 9. The van der Waals surface area contributed by atoms with Crippen molar-refractivity contribution in [2.45, 2.75) is 96.1 Å². The Bertz CT molecular complexity index is 906. The SMILES string of the molecule is CCCCCCCCCCC(SCCCCC)c1cc(OC)c2c(NO)ccc(N=O)c2c1OC. The van der Waals surface area contributed by atoms with Gasteiger partial charge in [0.1, 0.15) is 17.2 Å². The van der Waals surface area contributed by atoms with E-state index in [0.29, 0.717) is 28.0 Å². The van der Waals surface area contributed by atoms with Crippen LogP contribution in [0.4, 0.5) is 11.4 Å². The minimum absolute atomic E-state index is 0.227. The average molecular weight is 505 g/mol. The maximum absolute atomic E-state index is 11.7. The van der Waals surface area contributed by atoms with Gasteiger partial charge in [-0.05, 0) is 42.0 Å². The summed E-state index contributed by atoms with van der Waals surface area (Å²) in [5.74, 6) is 2.31. The van der Waals surface area contributed by atoms with E-state index in [1.54, 1.807) is 26.4 Å². The highest BCUT2D eigenvalue weighted by molar-refractivity contribution is 7.99. The molecule has 0 heterocycles. The molecule has 0 amide bonds. The summed E-state index contributed by atoms with van der Waals surface area (Å²) in [5, 5.41) is 14.4. The number of thioether (sulfide) groups is 1. The molecule has 0 bridgehead atoms. The summed E-state index contributed by atoms with van der Waals surface area (Å²) in [6, 6.07) is 5.23. The van der Waals surface area contributed by atoms with Crippen molar-refractivity contribution >= 4 is 33.9 Å². The van der Waals surface area contributed by atoms with Gasteiger partial charge >= 0.3 is 0 Å². The van der Waals surface area contributed by atoms with E-state index in [1.165, 1.54) is 64.2 Å². The number of hydrogen-bond acceptors (Lipinski definition) is 7. The summed E-state index contributed by atoms with van der Waals surface area (Å²) in [7, 11) is 3.24. The summed E-state index contributed by atoms with van der Waals surface area (Å²) in [4.78, 5) is 11.7. The Hall–Kier alpha value is -1.99. The molecule has 1 atom stereocenters. The molecule has 0 aliphatic carbocycles. The van der Waals surface area contributed by atoms with E-state index in [0.717, 1.165) is 24.2 Å². The van der Waals surface area contributed by atoms with Gasteiger partial charge in [-0.3, -0.25) is 10.7 Å². The van der Waals surface area contributed by atoms with Crippen LogP contribution in [0.5, 0.6) is 11.5 Å². The van der Waals surface area contributed by atoms with E-state index in [1.807, 2.05) is 17.8 Å². The second-order valence-electron chi connectivity index (χ2n) is 9.12. The van der Waals surface area contributed by atoms with Crippen LogP contribution in [0.15, 0.2) is 23.4 Å². The Labute approximate surface area is 215 Å². The summed E-state index contributed by atoms with van der Waals surface area (Å²) in [6.07, 6.45) is 14.9. The lowest BCUT2D eigenvalue weighted by Gasteiger charge is -2.23. The topological polar surface area (TPSA) is 80.1 Å². The molecular formula is C28H44N2O4S. The molecular weight excluding hydrogens is 460 g/mol. The van der Waals surface area contributed by atoms with Crippen LogP contribution in [0, 0.1) is 4.91 Å². The number of nitroso groups, excluding NO2 is 1. The first-order valence-corrected chi connectivity index (χ1v) is 14.3. The summed E-state index contributed by atoms with van der Waals surface area (Å²) < 4.78 is 11.6. The zero-order chi connectivity index (χ0) is 25.5. The first kappa shape index (κ1) is 29.2. The van der Waals surface area contributed by atoms with Crippen LogP contribution in [0.2, 0.25) is 0 Å². The van der Waals surface area contributed by atoms with Gasteiger partial charge < -0.3 is 9.47 Å². The van der Waals surface area contributed by atoms with Gasteiger partial charge in [0.15, 0.2) is 0 Å². The maximum Gasteiger partial charge on any atom is 0.133 e. The molecule has 0 aliphatic heterocycles. The molecule has 2 aromatic rings. The highest BCUT2D eigenvalue weighted by Crippen LogP contribution is 2.50. The van der Waals surface area contributed by atoms with Gasteiger partial charge in [-0.15, -0.1) is 4.91 Å². The van der Waals surface area contributed by atoms with E-state index in [-0.39, 0.29) is 10.9 Å². The van der Waals surface area contributed by atoms with E-state index < -0.39 is 0 Å². The van der Waals surface area contributed by atoms with Gasteiger partial charge in [-0.1, -0.05) is 78.1 Å². The average Bonchev–Trinajstić information content (AvgIpc) is 2.89. The van der Waals surface area contributed by atoms with Gasteiger partial charge in [0.05, 0.1) is 30.7 Å². The second kappa shape index (κ2) is 16.6.